The maximum absolute atomic E-state index is 12.6. The Balaban J connectivity index is 2.48. The molecule has 19 heavy (non-hydrogen) atoms. The Bertz CT molecular complexity index is 618. The predicted molar refractivity (Wildman–Crippen MR) is 63.9 cm³/mol. The molecule has 2 rings (SSSR count). The summed E-state index contributed by atoms with van der Waals surface area (Å²) in [6.07, 6.45) is -3.94. The number of hydrogen-bond acceptors (Lipinski definition) is 2. The fourth-order valence-corrected chi connectivity index (χ4v) is 1.70. The van der Waals surface area contributed by atoms with Crippen molar-refractivity contribution in [2.75, 3.05) is 0 Å². The van der Waals surface area contributed by atoms with Crippen LogP contribution in [0.25, 0.3) is 11.1 Å². The van der Waals surface area contributed by atoms with Crippen molar-refractivity contribution in [1.29, 1.82) is 0 Å². The highest BCUT2D eigenvalue weighted by atomic mass is 19.4. The van der Waals surface area contributed by atoms with Crippen LogP contribution in [0.4, 0.5) is 13.2 Å². The maximum atomic E-state index is 12.6. The minimum atomic E-state index is -4.42. The normalized spacial score (nSPS) is 11.3. The molecule has 2 aromatic carbocycles. The first-order valence-corrected chi connectivity index (χ1v) is 5.37. The van der Waals surface area contributed by atoms with Crippen molar-refractivity contribution in [1.82, 2.24) is 0 Å². The van der Waals surface area contributed by atoms with Gasteiger partial charge >= 0.3 is 6.18 Å². The van der Waals surface area contributed by atoms with Crippen LogP contribution in [0.15, 0.2) is 42.5 Å². The molecule has 0 aliphatic rings. The van der Waals surface area contributed by atoms with Crippen LogP contribution in [0.3, 0.4) is 0 Å². The minimum absolute atomic E-state index is 0.0933. The molecule has 0 aromatic heterocycles. The molecule has 2 aromatic rings. The second-order valence-corrected chi connectivity index (χ2v) is 3.97. The van der Waals surface area contributed by atoms with Gasteiger partial charge in [-0.25, -0.2) is 0 Å². The molecule has 0 aliphatic carbocycles. The number of alkyl halides is 3. The number of carbonyl (C=O) groups excluding carboxylic acids is 1. The number of aromatic hydroxyl groups is 1. The Morgan fingerprint density at radius 1 is 1.00 bits per heavy atom. The van der Waals surface area contributed by atoms with Crippen molar-refractivity contribution in [2.45, 2.75) is 6.18 Å². The van der Waals surface area contributed by atoms with Crippen LogP contribution in [0.5, 0.6) is 5.75 Å². The van der Waals surface area contributed by atoms with E-state index in [1.54, 1.807) is 0 Å². The summed E-state index contributed by atoms with van der Waals surface area (Å²) in [6.45, 7) is 0. The minimum Gasteiger partial charge on any atom is -0.507 e. The number of phenols is 1. The molecule has 98 valence electrons. The molecular weight excluding hydrogens is 257 g/mol. The van der Waals surface area contributed by atoms with Crippen molar-refractivity contribution in [3.05, 3.63) is 53.6 Å². The van der Waals surface area contributed by atoms with E-state index in [4.69, 9.17) is 0 Å². The van der Waals surface area contributed by atoms with Gasteiger partial charge in [0.05, 0.1) is 11.1 Å². The third kappa shape index (κ3) is 2.76. The molecule has 0 radical (unpaired) electrons. The van der Waals surface area contributed by atoms with E-state index in [-0.39, 0.29) is 11.3 Å². The lowest BCUT2D eigenvalue weighted by atomic mass is 10.0. The molecule has 0 atom stereocenters. The van der Waals surface area contributed by atoms with Gasteiger partial charge in [0.25, 0.3) is 0 Å². The summed E-state index contributed by atoms with van der Waals surface area (Å²) in [7, 11) is 0. The van der Waals surface area contributed by atoms with Crippen LogP contribution < -0.4 is 0 Å². The summed E-state index contributed by atoms with van der Waals surface area (Å²) in [4.78, 5) is 10.6. The first-order chi connectivity index (χ1) is 8.91. The second-order valence-electron chi connectivity index (χ2n) is 3.97. The molecule has 0 aliphatic heterocycles. The number of benzene rings is 2. The summed E-state index contributed by atoms with van der Waals surface area (Å²) in [5.41, 5.74) is 0.0662. The average Bonchev–Trinajstić information content (AvgIpc) is 2.38. The Kier molecular flexibility index (Phi) is 3.29. The van der Waals surface area contributed by atoms with Crippen LogP contribution >= 0.6 is 0 Å². The number of hydrogen-bond donors (Lipinski definition) is 1. The summed E-state index contributed by atoms with van der Waals surface area (Å²) in [6, 6.07) is 8.88. The quantitative estimate of drug-likeness (QED) is 0.837. The van der Waals surface area contributed by atoms with E-state index in [9.17, 15) is 23.1 Å². The topological polar surface area (TPSA) is 37.3 Å². The first kappa shape index (κ1) is 13.1. The van der Waals surface area contributed by atoms with E-state index < -0.39 is 11.7 Å². The zero-order chi connectivity index (χ0) is 14.0. The number of carbonyl (C=O) groups is 1. The van der Waals surface area contributed by atoms with Crippen LogP contribution in [-0.4, -0.2) is 11.4 Å². The van der Waals surface area contributed by atoms with Crippen molar-refractivity contribution >= 4 is 6.29 Å². The maximum Gasteiger partial charge on any atom is 0.416 e. The van der Waals surface area contributed by atoms with Gasteiger partial charge in [0.15, 0.2) is 6.29 Å². The molecule has 0 saturated carbocycles. The third-order valence-electron chi connectivity index (χ3n) is 2.68. The molecule has 0 bridgehead atoms. The van der Waals surface area contributed by atoms with Gasteiger partial charge in [-0.1, -0.05) is 18.2 Å². The molecule has 0 saturated heterocycles. The molecule has 1 N–H and O–H groups in total. The predicted octanol–water partition coefficient (Wildman–Crippen LogP) is 3.89. The van der Waals surface area contributed by atoms with Gasteiger partial charge in [-0.15, -0.1) is 0 Å². The van der Waals surface area contributed by atoms with Crippen molar-refractivity contribution in [3.63, 3.8) is 0 Å². The van der Waals surface area contributed by atoms with Gasteiger partial charge in [0, 0.05) is 0 Å². The molecule has 0 spiro atoms. The van der Waals surface area contributed by atoms with Crippen LogP contribution in [-0.2, 0) is 6.18 Å². The molecule has 0 unspecified atom stereocenters. The smallest absolute Gasteiger partial charge is 0.416 e. The van der Waals surface area contributed by atoms with Crippen molar-refractivity contribution in [2.24, 2.45) is 0 Å². The van der Waals surface area contributed by atoms with E-state index in [1.807, 2.05) is 0 Å². The Hall–Kier alpha value is -2.30. The molecule has 0 amide bonds. The first-order valence-electron chi connectivity index (χ1n) is 5.37. The number of halogens is 3. The summed E-state index contributed by atoms with van der Waals surface area (Å²) in [5, 5.41) is 9.53. The molecule has 5 heteroatoms. The lowest BCUT2D eigenvalue weighted by Crippen LogP contribution is -2.04. The third-order valence-corrected chi connectivity index (χ3v) is 2.68. The molecule has 0 heterocycles. The highest BCUT2D eigenvalue weighted by Gasteiger charge is 2.30. The zero-order valence-corrected chi connectivity index (χ0v) is 9.61. The van der Waals surface area contributed by atoms with Crippen molar-refractivity contribution < 1.29 is 23.1 Å². The molecule has 0 fully saturated rings. The van der Waals surface area contributed by atoms with Gasteiger partial charge in [0.1, 0.15) is 5.75 Å². The van der Waals surface area contributed by atoms with Gasteiger partial charge in [-0.3, -0.25) is 4.79 Å². The SMILES string of the molecule is O=Cc1ccc(-c2cccc(C(F)(F)F)c2)cc1O. The standard InChI is InChI=1S/C14H9F3O2/c15-14(16,17)12-3-1-2-9(6-12)10-4-5-11(8-18)13(19)7-10/h1-8,19H. The number of aldehydes is 1. The highest BCUT2D eigenvalue weighted by Crippen LogP contribution is 2.33. The van der Waals surface area contributed by atoms with E-state index in [1.165, 1.54) is 30.3 Å². The fraction of sp³-hybridized carbons (Fsp3) is 0.0714. The second kappa shape index (κ2) is 4.76. The molecule has 2 nitrogen and oxygen atoms in total. The Labute approximate surface area is 107 Å². The van der Waals surface area contributed by atoms with Gasteiger partial charge in [-0.2, -0.15) is 13.2 Å². The van der Waals surface area contributed by atoms with E-state index in [0.29, 0.717) is 17.4 Å². The van der Waals surface area contributed by atoms with Crippen LogP contribution in [0.2, 0.25) is 0 Å². The lowest BCUT2D eigenvalue weighted by molar-refractivity contribution is -0.137. The average molecular weight is 266 g/mol. The number of phenolic OH excluding ortho intramolecular Hbond substituents is 1. The fourth-order valence-electron chi connectivity index (χ4n) is 1.70. The Morgan fingerprint density at radius 2 is 1.68 bits per heavy atom. The van der Waals surface area contributed by atoms with Gasteiger partial charge in [-0.05, 0) is 35.4 Å². The summed E-state index contributed by atoms with van der Waals surface area (Å²) >= 11 is 0. The van der Waals surface area contributed by atoms with Crippen molar-refractivity contribution in [3.8, 4) is 16.9 Å². The van der Waals surface area contributed by atoms with E-state index >= 15 is 0 Å². The van der Waals surface area contributed by atoms with E-state index in [2.05, 4.69) is 0 Å². The van der Waals surface area contributed by atoms with Crippen LogP contribution in [0.1, 0.15) is 15.9 Å². The van der Waals surface area contributed by atoms with E-state index in [0.717, 1.165) is 12.1 Å². The van der Waals surface area contributed by atoms with Gasteiger partial charge in [0.2, 0.25) is 0 Å². The lowest BCUT2D eigenvalue weighted by Gasteiger charge is -2.09. The summed E-state index contributed by atoms with van der Waals surface area (Å²) < 4.78 is 37.8. The monoisotopic (exact) mass is 266 g/mol. The Morgan fingerprint density at radius 3 is 2.26 bits per heavy atom. The zero-order valence-electron chi connectivity index (χ0n) is 9.61. The highest BCUT2D eigenvalue weighted by molar-refractivity contribution is 5.81. The summed E-state index contributed by atoms with van der Waals surface area (Å²) in [5.74, 6) is -0.259. The molecular formula is C14H9F3O2. The number of rotatable bonds is 2. The largest absolute Gasteiger partial charge is 0.507 e. The van der Waals surface area contributed by atoms with Gasteiger partial charge < -0.3 is 5.11 Å². The van der Waals surface area contributed by atoms with Crippen LogP contribution in [0, 0.1) is 0 Å².